The summed E-state index contributed by atoms with van der Waals surface area (Å²) in [5.74, 6) is 0. The molecule has 0 spiro atoms. The zero-order valence-corrected chi connectivity index (χ0v) is 11.9. The van der Waals surface area contributed by atoms with Crippen molar-refractivity contribution in [1.82, 2.24) is 9.88 Å². The fourth-order valence-corrected chi connectivity index (χ4v) is 3.91. The number of aromatic nitrogens is 1. The Hall–Kier alpha value is -1.28. The Morgan fingerprint density at radius 3 is 2.84 bits per heavy atom. The van der Waals surface area contributed by atoms with E-state index in [9.17, 15) is 0 Å². The van der Waals surface area contributed by atoms with Crippen molar-refractivity contribution in [2.75, 3.05) is 13.6 Å². The van der Waals surface area contributed by atoms with Crippen LogP contribution in [0.15, 0.2) is 18.2 Å². The molecular weight excluding hydrogens is 232 g/mol. The van der Waals surface area contributed by atoms with Gasteiger partial charge in [-0.15, -0.1) is 0 Å². The van der Waals surface area contributed by atoms with Crippen molar-refractivity contribution in [3.8, 4) is 0 Å². The van der Waals surface area contributed by atoms with Gasteiger partial charge in [0.15, 0.2) is 0 Å². The lowest BCUT2D eigenvalue weighted by atomic mass is 9.91. The summed E-state index contributed by atoms with van der Waals surface area (Å²) in [4.78, 5) is 0. The Balaban J connectivity index is 1.92. The molecule has 1 aromatic heterocycles. The van der Waals surface area contributed by atoms with Gasteiger partial charge in [0.25, 0.3) is 0 Å². The predicted molar refractivity (Wildman–Crippen MR) is 79.8 cm³/mol. The largest absolute Gasteiger partial charge is 0.345 e. The van der Waals surface area contributed by atoms with Crippen LogP contribution in [0.4, 0.5) is 0 Å². The Bertz CT molecular complexity index is 647. The topological polar surface area (TPSA) is 17.0 Å². The fourth-order valence-electron chi connectivity index (χ4n) is 3.91. The quantitative estimate of drug-likeness (QED) is 0.890. The highest BCUT2D eigenvalue weighted by Gasteiger charge is 2.43. The van der Waals surface area contributed by atoms with Crippen LogP contribution in [0.3, 0.4) is 0 Å². The zero-order chi connectivity index (χ0) is 13.0. The molecule has 0 radical (unpaired) electrons. The summed E-state index contributed by atoms with van der Waals surface area (Å²) in [6.07, 6.45) is 5.24. The van der Waals surface area contributed by atoms with Crippen molar-refractivity contribution in [2.45, 2.75) is 44.6 Å². The maximum Gasteiger partial charge on any atom is 0.0515 e. The molecule has 0 bridgehead atoms. The summed E-state index contributed by atoms with van der Waals surface area (Å²) < 4.78 is 2.51. The first-order valence-electron chi connectivity index (χ1n) is 7.51. The smallest absolute Gasteiger partial charge is 0.0515 e. The lowest BCUT2D eigenvalue weighted by molar-refractivity contribution is 0.611. The second kappa shape index (κ2) is 3.86. The molecule has 100 valence electrons. The van der Waals surface area contributed by atoms with Crippen LogP contribution < -0.4 is 5.32 Å². The van der Waals surface area contributed by atoms with Crippen LogP contribution in [0.25, 0.3) is 10.9 Å². The molecule has 1 saturated carbocycles. The van der Waals surface area contributed by atoms with Gasteiger partial charge in [-0.3, -0.25) is 0 Å². The fraction of sp³-hybridized carbons (Fsp3) is 0.529. The van der Waals surface area contributed by atoms with Crippen molar-refractivity contribution in [2.24, 2.45) is 0 Å². The molecule has 0 amide bonds. The Morgan fingerprint density at radius 1 is 1.26 bits per heavy atom. The molecule has 4 rings (SSSR count). The number of likely N-dealkylation sites (N-methyl/N-ethyl adjacent to an activating group) is 1. The van der Waals surface area contributed by atoms with Gasteiger partial charge >= 0.3 is 0 Å². The molecule has 2 nitrogen and oxygen atoms in total. The van der Waals surface area contributed by atoms with E-state index in [-0.39, 0.29) is 0 Å². The number of aryl methyl sites for hydroxylation is 3. The summed E-state index contributed by atoms with van der Waals surface area (Å²) in [6, 6.07) is 7.34. The molecule has 1 aliphatic heterocycles. The van der Waals surface area contributed by atoms with E-state index in [1.807, 2.05) is 0 Å². The van der Waals surface area contributed by atoms with E-state index in [0.717, 1.165) is 6.54 Å². The second-order valence-corrected chi connectivity index (χ2v) is 6.42. The minimum atomic E-state index is 0.437. The third-order valence-corrected chi connectivity index (χ3v) is 5.09. The van der Waals surface area contributed by atoms with Gasteiger partial charge in [-0.05, 0) is 62.9 Å². The van der Waals surface area contributed by atoms with Crippen molar-refractivity contribution >= 4 is 10.9 Å². The van der Waals surface area contributed by atoms with E-state index in [1.165, 1.54) is 48.8 Å². The normalized spacial score (nSPS) is 19.9. The average molecular weight is 254 g/mol. The van der Waals surface area contributed by atoms with Gasteiger partial charge in [-0.25, -0.2) is 0 Å². The molecule has 1 aromatic carbocycles. The van der Waals surface area contributed by atoms with Gasteiger partial charge in [0.1, 0.15) is 0 Å². The molecule has 2 heteroatoms. The Morgan fingerprint density at radius 2 is 2.11 bits per heavy atom. The van der Waals surface area contributed by atoms with Crippen LogP contribution in [0, 0.1) is 6.92 Å². The highest BCUT2D eigenvalue weighted by Crippen LogP contribution is 2.49. The minimum Gasteiger partial charge on any atom is -0.345 e. The van der Waals surface area contributed by atoms with E-state index >= 15 is 0 Å². The first-order chi connectivity index (χ1) is 9.23. The summed E-state index contributed by atoms with van der Waals surface area (Å²) in [6.45, 7) is 4.57. The molecule has 2 aliphatic rings. The van der Waals surface area contributed by atoms with E-state index in [4.69, 9.17) is 0 Å². The minimum absolute atomic E-state index is 0.437. The van der Waals surface area contributed by atoms with Crippen molar-refractivity contribution in [1.29, 1.82) is 0 Å². The number of hydrogen-bond donors (Lipinski definition) is 1. The van der Waals surface area contributed by atoms with Crippen LogP contribution in [0.5, 0.6) is 0 Å². The maximum atomic E-state index is 3.38. The molecule has 2 heterocycles. The van der Waals surface area contributed by atoms with Crippen molar-refractivity contribution in [3.63, 3.8) is 0 Å². The van der Waals surface area contributed by atoms with Crippen molar-refractivity contribution in [3.05, 3.63) is 35.0 Å². The van der Waals surface area contributed by atoms with Crippen LogP contribution in [-0.2, 0) is 18.4 Å². The van der Waals surface area contributed by atoms with Gasteiger partial charge in [0.05, 0.1) is 5.52 Å². The molecule has 0 atom stereocenters. The third kappa shape index (κ3) is 1.59. The summed E-state index contributed by atoms with van der Waals surface area (Å²) in [5, 5.41) is 4.84. The molecule has 0 unspecified atom stereocenters. The first-order valence-corrected chi connectivity index (χ1v) is 7.51. The van der Waals surface area contributed by atoms with Gasteiger partial charge < -0.3 is 9.88 Å². The molecule has 1 fully saturated rings. The first kappa shape index (κ1) is 11.5. The lowest BCUT2D eigenvalue weighted by Gasteiger charge is -2.21. The standard InChI is InChI=1S/C17H22N2/c1-12-8-14-10-15(17(5-6-17)11-18-2)9-13-4-3-7-19(12)16(13)14/h8-10,18H,3-7,11H2,1-2H3. The predicted octanol–water partition coefficient (Wildman–Crippen LogP) is 3.15. The number of rotatable bonds is 3. The number of nitrogens with zero attached hydrogens (tertiary/aromatic N) is 1. The highest BCUT2D eigenvalue weighted by atomic mass is 15.0. The summed E-state index contributed by atoms with van der Waals surface area (Å²) in [7, 11) is 2.07. The van der Waals surface area contributed by atoms with E-state index in [2.05, 4.69) is 42.1 Å². The summed E-state index contributed by atoms with van der Waals surface area (Å²) >= 11 is 0. The average Bonchev–Trinajstić information content (AvgIpc) is 3.12. The van der Waals surface area contributed by atoms with Crippen LogP contribution in [0.2, 0.25) is 0 Å². The van der Waals surface area contributed by atoms with Crippen LogP contribution in [0.1, 0.15) is 36.1 Å². The van der Waals surface area contributed by atoms with E-state index in [1.54, 1.807) is 11.1 Å². The van der Waals surface area contributed by atoms with E-state index < -0.39 is 0 Å². The highest BCUT2D eigenvalue weighted by molar-refractivity contribution is 5.86. The second-order valence-electron chi connectivity index (χ2n) is 6.42. The number of nitrogens with one attached hydrogen (secondary N) is 1. The van der Waals surface area contributed by atoms with Crippen LogP contribution >= 0.6 is 0 Å². The molecular formula is C17H22N2. The van der Waals surface area contributed by atoms with Crippen molar-refractivity contribution < 1.29 is 0 Å². The lowest BCUT2D eigenvalue weighted by Crippen LogP contribution is -2.23. The number of benzene rings is 1. The SMILES string of the molecule is CNCC1(c2cc3c4c(c2)cc(C)n4CCC3)CC1. The monoisotopic (exact) mass is 254 g/mol. The molecule has 19 heavy (non-hydrogen) atoms. The van der Waals surface area contributed by atoms with Gasteiger partial charge in [-0.1, -0.05) is 6.07 Å². The molecule has 0 saturated heterocycles. The maximum absolute atomic E-state index is 3.38. The van der Waals surface area contributed by atoms with Gasteiger partial charge in [-0.2, -0.15) is 0 Å². The van der Waals surface area contributed by atoms with Gasteiger partial charge in [0.2, 0.25) is 0 Å². The zero-order valence-electron chi connectivity index (χ0n) is 11.9. The third-order valence-electron chi connectivity index (χ3n) is 5.09. The number of hydrogen-bond acceptors (Lipinski definition) is 1. The molecule has 1 N–H and O–H groups in total. The Kier molecular flexibility index (Phi) is 2.34. The molecule has 2 aromatic rings. The van der Waals surface area contributed by atoms with E-state index in [0.29, 0.717) is 5.41 Å². The molecule has 1 aliphatic carbocycles. The van der Waals surface area contributed by atoms with Crippen LogP contribution in [-0.4, -0.2) is 18.2 Å². The van der Waals surface area contributed by atoms with Gasteiger partial charge in [0, 0.05) is 29.6 Å². The summed E-state index contributed by atoms with van der Waals surface area (Å²) in [5.41, 5.74) is 6.52. The Labute approximate surface area is 114 Å².